The molecule has 0 aliphatic carbocycles. The highest BCUT2D eigenvalue weighted by molar-refractivity contribution is 5.73. The van der Waals surface area contributed by atoms with Crippen molar-refractivity contribution in [3.63, 3.8) is 0 Å². The molecule has 1 atom stereocenters. The van der Waals surface area contributed by atoms with Gasteiger partial charge in [-0.15, -0.1) is 0 Å². The highest BCUT2D eigenvalue weighted by Crippen LogP contribution is 2.29. The average Bonchev–Trinajstić information content (AvgIpc) is 2.28. The first-order chi connectivity index (χ1) is 7.86. The van der Waals surface area contributed by atoms with Gasteiger partial charge in [-0.2, -0.15) is 0 Å². The third-order valence-electron chi connectivity index (χ3n) is 2.92. The van der Waals surface area contributed by atoms with E-state index in [1.807, 2.05) is 38.1 Å². The SMILES string of the molecule is COc1ccc(C(C)(C)CC(N)C(=O)O)cc1. The van der Waals surface area contributed by atoms with Crippen molar-refractivity contribution >= 4 is 5.97 Å². The summed E-state index contributed by atoms with van der Waals surface area (Å²) < 4.78 is 5.08. The number of carbonyl (C=O) groups is 1. The number of carboxylic acids is 1. The number of aliphatic carboxylic acids is 1. The molecule has 0 saturated heterocycles. The van der Waals surface area contributed by atoms with Gasteiger partial charge in [0.2, 0.25) is 0 Å². The summed E-state index contributed by atoms with van der Waals surface area (Å²) >= 11 is 0. The van der Waals surface area contributed by atoms with E-state index in [1.165, 1.54) is 0 Å². The van der Waals surface area contributed by atoms with Crippen molar-refractivity contribution in [2.45, 2.75) is 31.7 Å². The molecule has 1 aromatic carbocycles. The fraction of sp³-hybridized carbons (Fsp3) is 0.462. The van der Waals surface area contributed by atoms with Gasteiger partial charge in [0.05, 0.1) is 7.11 Å². The number of ether oxygens (including phenoxy) is 1. The number of carboxylic acid groups (broad SMARTS) is 1. The van der Waals surface area contributed by atoms with Crippen LogP contribution in [0.3, 0.4) is 0 Å². The number of hydrogen-bond donors (Lipinski definition) is 2. The number of benzene rings is 1. The van der Waals surface area contributed by atoms with Crippen molar-refractivity contribution in [1.82, 2.24) is 0 Å². The summed E-state index contributed by atoms with van der Waals surface area (Å²) in [7, 11) is 1.61. The molecule has 0 aromatic heterocycles. The van der Waals surface area contributed by atoms with Gasteiger partial charge in [-0.25, -0.2) is 0 Å². The van der Waals surface area contributed by atoms with Gasteiger partial charge in [0.25, 0.3) is 0 Å². The molecule has 0 aliphatic heterocycles. The third kappa shape index (κ3) is 3.46. The van der Waals surface area contributed by atoms with Crippen molar-refractivity contribution in [2.75, 3.05) is 7.11 Å². The Bertz CT molecular complexity index is 384. The lowest BCUT2D eigenvalue weighted by molar-refractivity contribution is -0.139. The Hall–Kier alpha value is -1.55. The number of rotatable bonds is 5. The quantitative estimate of drug-likeness (QED) is 0.818. The van der Waals surface area contributed by atoms with Crippen molar-refractivity contribution in [3.05, 3.63) is 29.8 Å². The maximum atomic E-state index is 10.8. The normalized spacial score (nSPS) is 13.2. The molecule has 0 bridgehead atoms. The molecule has 0 radical (unpaired) electrons. The molecule has 0 aliphatic rings. The van der Waals surface area contributed by atoms with Crippen molar-refractivity contribution in [3.8, 4) is 5.75 Å². The van der Waals surface area contributed by atoms with E-state index in [0.717, 1.165) is 11.3 Å². The van der Waals surface area contributed by atoms with E-state index < -0.39 is 12.0 Å². The van der Waals surface area contributed by atoms with Gasteiger partial charge < -0.3 is 15.6 Å². The topological polar surface area (TPSA) is 72.5 Å². The van der Waals surface area contributed by atoms with Gasteiger partial charge in [0.15, 0.2) is 0 Å². The Balaban J connectivity index is 2.84. The first kappa shape index (κ1) is 13.5. The fourth-order valence-electron chi connectivity index (χ4n) is 1.80. The van der Waals surface area contributed by atoms with Crippen LogP contribution in [0.2, 0.25) is 0 Å². The lowest BCUT2D eigenvalue weighted by atomic mass is 9.79. The van der Waals surface area contributed by atoms with E-state index in [4.69, 9.17) is 15.6 Å². The first-order valence-corrected chi connectivity index (χ1v) is 5.50. The van der Waals surface area contributed by atoms with Crippen LogP contribution in [0.1, 0.15) is 25.8 Å². The zero-order valence-electron chi connectivity index (χ0n) is 10.4. The van der Waals surface area contributed by atoms with Gasteiger partial charge in [-0.3, -0.25) is 4.79 Å². The Morgan fingerprint density at radius 1 is 1.41 bits per heavy atom. The molecule has 4 heteroatoms. The minimum absolute atomic E-state index is 0.274. The van der Waals surface area contributed by atoms with Crippen LogP contribution in [0, 0.1) is 0 Å². The van der Waals surface area contributed by atoms with Crippen LogP contribution in [-0.2, 0) is 10.2 Å². The molecule has 1 aromatic rings. The van der Waals surface area contributed by atoms with Crippen LogP contribution in [0.15, 0.2) is 24.3 Å². The molecule has 3 N–H and O–H groups in total. The Morgan fingerprint density at radius 3 is 2.35 bits per heavy atom. The molecule has 94 valence electrons. The minimum atomic E-state index is -0.966. The highest BCUT2D eigenvalue weighted by atomic mass is 16.5. The van der Waals surface area contributed by atoms with Crippen LogP contribution in [0.5, 0.6) is 5.75 Å². The summed E-state index contributed by atoms with van der Waals surface area (Å²) in [6.45, 7) is 3.97. The Morgan fingerprint density at radius 2 is 1.94 bits per heavy atom. The average molecular weight is 237 g/mol. The fourth-order valence-corrected chi connectivity index (χ4v) is 1.80. The standard InChI is InChI=1S/C13H19NO3/c1-13(2,8-11(14)12(15)16)9-4-6-10(17-3)7-5-9/h4-7,11H,8,14H2,1-3H3,(H,15,16). The van der Waals surface area contributed by atoms with Crippen LogP contribution in [0.25, 0.3) is 0 Å². The van der Waals surface area contributed by atoms with E-state index in [0.29, 0.717) is 6.42 Å². The molecule has 0 spiro atoms. The van der Waals surface area contributed by atoms with Crippen LogP contribution in [0.4, 0.5) is 0 Å². The molecular weight excluding hydrogens is 218 g/mol. The molecule has 0 fully saturated rings. The number of hydrogen-bond acceptors (Lipinski definition) is 3. The molecule has 0 saturated carbocycles. The molecule has 1 rings (SSSR count). The summed E-state index contributed by atoms with van der Waals surface area (Å²) in [6.07, 6.45) is 0.397. The zero-order chi connectivity index (χ0) is 13.1. The predicted octanol–water partition coefficient (Wildman–Crippen LogP) is 1.77. The van der Waals surface area contributed by atoms with E-state index in [1.54, 1.807) is 7.11 Å². The predicted molar refractivity (Wildman–Crippen MR) is 66.2 cm³/mol. The molecule has 17 heavy (non-hydrogen) atoms. The maximum Gasteiger partial charge on any atom is 0.320 e. The third-order valence-corrected chi connectivity index (χ3v) is 2.92. The smallest absolute Gasteiger partial charge is 0.320 e. The molecule has 0 heterocycles. The van der Waals surface area contributed by atoms with Crippen molar-refractivity contribution < 1.29 is 14.6 Å². The van der Waals surface area contributed by atoms with Crippen molar-refractivity contribution in [2.24, 2.45) is 5.73 Å². The summed E-state index contributed by atoms with van der Waals surface area (Å²) in [4.78, 5) is 10.8. The lowest BCUT2D eigenvalue weighted by Gasteiger charge is -2.27. The summed E-state index contributed by atoms with van der Waals surface area (Å²) in [6, 6.07) is 6.76. The van der Waals surface area contributed by atoms with E-state index in [-0.39, 0.29) is 5.41 Å². The maximum absolute atomic E-state index is 10.8. The van der Waals surface area contributed by atoms with E-state index in [9.17, 15) is 4.79 Å². The van der Waals surface area contributed by atoms with Gasteiger partial charge in [0, 0.05) is 0 Å². The summed E-state index contributed by atoms with van der Waals surface area (Å²) in [5.41, 5.74) is 6.35. The number of nitrogens with two attached hydrogens (primary N) is 1. The lowest BCUT2D eigenvalue weighted by Crippen LogP contribution is -2.36. The summed E-state index contributed by atoms with van der Waals surface area (Å²) in [5.74, 6) is -0.182. The zero-order valence-corrected chi connectivity index (χ0v) is 10.4. The second-order valence-electron chi connectivity index (χ2n) is 4.76. The van der Waals surface area contributed by atoms with Crippen LogP contribution >= 0.6 is 0 Å². The van der Waals surface area contributed by atoms with E-state index >= 15 is 0 Å². The summed E-state index contributed by atoms with van der Waals surface area (Å²) in [5, 5.41) is 8.83. The molecule has 0 amide bonds. The Labute approximate surface area is 101 Å². The second-order valence-corrected chi connectivity index (χ2v) is 4.76. The monoisotopic (exact) mass is 237 g/mol. The minimum Gasteiger partial charge on any atom is -0.497 e. The van der Waals surface area contributed by atoms with Crippen LogP contribution in [-0.4, -0.2) is 24.2 Å². The molecule has 1 unspecified atom stereocenters. The molecular formula is C13H19NO3. The molecule has 4 nitrogen and oxygen atoms in total. The largest absolute Gasteiger partial charge is 0.497 e. The Kier molecular flexibility index (Phi) is 4.12. The number of methoxy groups -OCH3 is 1. The first-order valence-electron chi connectivity index (χ1n) is 5.50. The van der Waals surface area contributed by atoms with Gasteiger partial charge in [0.1, 0.15) is 11.8 Å². The van der Waals surface area contributed by atoms with Crippen LogP contribution < -0.4 is 10.5 Å². The van der Waals surface area contributed by atoms with Gasteiger partial charge in [-0.05, 0) is 29.5 Å². The second kappa shape index (κ2) is 5.19. The van der Waals surface area contributed by atoms with Gasteiger partial charge >= 0.3 is 5.97 Å². The van der Waals surface area contributed by atoms with Crippen molar-refractivity contribution in [1.29, 1.82) is 0 Å². The van der Waals surface area contributed by atoms with Gasteiger partial charge in [-0.1, -0.05) is 26.0 Å². The van der Waals surface area contributed by atoms with E-state index in [2.05, 4.69) is 0 Å². The highest BCUT2D eigenvalue weighted by Gasteiger charge is 2.26.